The average Bonchev–Trinajstić information content (AvgIpc) is 2.25. The first-order chi connectivity index (χ1) is 7.50. The molecule has 0 aliphatic rings. The molecule has 1 rings (SSSR count). The van der Waals surface area contributed by atoms with Crippen LogP contribution in [0.2, 0.25) is 5.02 Å². The highest BCUT2D eigenvalue weighted by molar-refractivity contribution is 6.30. The second kappa shape index (κ2) is 5.32. The molecule has 3 N–H and O–H groups in total. The van der Waals surface area contributed by atoms with E-state index < -0.39 is 11.4 Å². The predicted octanol–water partition coefficient (Wildman–Crippen LogP) is 2.04. The molecule has 0 radical (unpaired) electrons. The molecule has 4 heteroatoms. The van der Waals surface area contributed by atoms with Crippen LogP contribution in [0.15, 0.2) is 24.3 Å². The molecule has 88 valence electrons. The lowest BCUT2D eigenvalue weighted by Crippen LogP contribution is -2.50. The molecule has 16 heavy (non-hydrogen) atoms. The van der Waals surface area contributed by atoms with E-state index in [1.165, 1.54) is 0 Å². The Kier molecular flexibility index (Phi) is 4.33. The molecule has 0 saturated carbocycles. The summed E-state index contributed by atoms with van der Waals surface area (Å²) in [4.78, 5) is 11.6. The molecule has 1 amide bonds. The molecule has 0 saturated heterocycles. The summed E-state index contributed by atoms with van der Waals surface area (Å²) in [6.07, 6.45) is 0.934. The van der Waals surface area contributed by atoms with E-state index in [4.69, 9.17) is 17.3 Å². The Morgan fingerprint density at radius 1 is 1.56 bits per heavy atom. The van der Waals surface area contributed by atoms with Crippen molar-refractivity contribution in [1.29, 1.82) is 0 Å². The molecule has 0 aliphatic carbocycles. The van der Waals surface area contributed by atoms with E-state index in [1.54, 1.807) is 19.1 Å². The second-order valence-electron chi connectivity index (χ2n) is 3.93. The Labute approximate surface area is 101 Å². The lowest BCUT2D eigenvalue weighted by atomic mass is 9.91. The molecule has 0 bridgehead atoms. The maximum Gasteiger partial charge on any atom is 0.242 e. The number of rotatable bonds is 5. The molecular weight excluding hydrogens is 224 g/mol. The van der Waals surface area contributed by atoms with Crippen molar-refractivity contribution in [3.8, 4) is 0 Å². The van der Waals surface area contributed by atoms with Gasteiger partial charge in [0.15, 0.2) is 0 Å². The molecule has 3 nitrogen and oxygen atoms in total. The van der Waals surface area contributed by atoms with Crippen molar-refractivity contribution in [3.63, 3.8) is 0 Å². The van der Waals surface area contributed by atoms with Crippen LogP contribution in [0.3, 0.4) is 0 Å². The van der Waals surface area contributed by atoms with Gasteiger partial charge < -0.3 is 5.73 Å². The van der Waals surface area contributed by atoms with Crippen LogP contribution in [-0.2, 0) is 10.3 Å². The van der Waals surface area contributed by atoms with Crippen LogP contribution in [0.25, 0.3) is 0 Å². The topological polar surface area (TPSA) is 55.1 Å². The van der Waals surface area contributed by atoms with Gasteiger partial charge in [-0.05, 0) is 37.6 Å². The van der Waals surface area contributed by atoms with E-state index in [1.807, 2.05) is 19.1 Å². The van der Waals surface area contributed by atoms with E-state index >= 15 is 0 Å². The second-order valence-corrected chi connectivity index (χ2v) is 4.36. The molecule has 0 spiro atoms. The van der Waals surface area contributed by atoms with Crippen molar-refractivity contribution in [1.82, 2.24) is 5.32 Å². The highest BCUT2D eigenvalue weighted by Gasteiger charge is 2.32. The summed E-state index contributed by atoms with van der Waals surface area (Å²) in [5.41, 5.74) is 5.38. The first-order valence-corrected chi connectivity index (χ1v) is 5.69. The van der Waals surface area contributed by atoms with Crippen LogP contribution >= 0.6 is 11.6 Å². The molecule has 1 atom stereocenters. The minimum atomic E-state index is -0.860. The van der Waals surface area contributed by atoms with Crippen LogP contribution in [0.1, 0.15) is 25.8 Å². The Balaban J connectivity index is 3.06. The van der Waals surface area contributed by atoms with Crippen LogP contribution in [0.4, 0.5) is 0 Å². The lowest BCUT2D eigenvalue weighted by Gasteiger charge is -2.28. The zero-order chi connectivity index (χ0) is 12.2. The van der Waals surface area contributed by atoms with Gasteiger partial charge in [0.2, 0.25) is 5.91 Å². The summed E-state index contributed by atoms with van der Waals surface area (Å²) in [6.45, 7) is 4.54. The zero-order valence-electron chi connectivity index (χ0n) is 9.59. The van der Waals surface area contributed by atoms with Crippen molar-refractivity contribution in [2.75, 3.05) is 6.54 Å². The average molecular weight is 241 g/mol. The Bertz CT molecular complexity index is 381. The number of carbonyl (C=O) groups is 1. The number of halogens is 1. The predicted molar refractivity (Wildman–Crippen MR) is 66.3 cm³/mol. The summed E-state index contributed by atoms with van der Waals surface area (Å²) in [6, 6.07) is 7.19. The fourth-order valence-corrected chi connectivity index (χ4v) is 1.70. The number of carbonyl (C=O) groups excluding carboxylic acids is 1. The SMILES string of the molecule is CCCNC(C)(C(N)=O)c1cccc(Cl)c1. The van der Waals surface area contributed by atoms with E-state index in [9.17, 15) is 4.79 Å². The summed E-state index contributed by atoms with van der Waals surface area (Å²) in [5, 5.41) is 3.76. The van der Waals surface area contributed by atoms with E-state index in [0.29, 0.717) is 5.02 Å². The maximum absolute atomic E-state index is 11.6. The maximum atomic E-state index is 11.6. The highest BCUT2D eigenvalue weighted by atomic mass is 35.5. The van der Waals surface area contributed by atoms with Gasteiger partial charge in [-0.15, -0.1) is 0 Å². The van der Waals surface area contributed by atoms with Crippen LogP contribution < -0.4 is 11.1 Å². The van der Waals surface area contributed by atoms with E-state index in [0.717, 1.165) is 18.5 Å². The molecular formula is C12H17ClN2O. The first kappa shape index (κ1) is 13.0. The quantitative estimate of drug-likeness (QED) is 0.828. The smallest absolute Gasteiger partial charge is 0.242 e. The summed E-state index contributed by atoms with van der Waals surface area (Å²) < 4.78 is 0. The Hall–Kier alpha value is -1.06. The van der Waals surface area contributed by atoms with Gasteiger partial charge in [-0.25, -0.2) is 0 Å². The summed E-state index contributed by atoms with van der Waals surface area (Å²) >= 11 is 5.91. The lowest BCUT2D eigenvalue weighted by molar-refractivity contribution is -0.124. The molecule has 0 aromatic heterocycles. The zero-order valence-corrected chi connectivity index (χ0v) is 10.3. The van der Waals surface area contributed by atoms with Gasteiger partial charge in [0, 0.05) is 5.02 Å². The number of benzene rings is 1. The molecule has 1 aromatic rings. The minimum Gasteiger partial charge on any atom is -0.368 e. The van der Waals surface area contributed by atoms with E-state index in [-0.39, 0.29) is 0 Å². The van der Waals surface area contributed by atoms with Crippen molar-refractivity contribution < 1.29 is 4.79 Å². The number of nitrogens with one attached hydrogen (secondary N) is 1. The van der Waals surface area contributed by atoms with Crippen molar-refractivity contribution >= 4 is 17.5 Å². The third-order valence-electron chi connectivity index (χ3n) is 2.62. The third kappa shape index (κ3) is 2.74. The van der Waals surface area contributed by atoms with Gasteiger partial charge in [0.1, 0.15) is 5.54 Å². The molecule has 0 fully saturated rings. The van der Waals surface area contributed by atoms with Gasteiger partial charge >= 0.3 is 0 Å². The fourth-order valence-electron chi connectivity index (χ4n) is 1.51. The van der Waals surface area contributed by atoms with Crippen molar-refractivity contribution in [3.05, 3.63) is 34.9 Å². The van der Waals surface area contributed by atoms with Crippen molar-refractivity contribution in [2.24, 2.45) is 5.73 Å². The minimum absolute atomic E-state index is 0.400. The number of hydrogen-bond acceptors (Lipinski definition) is 2. The standard InChI is InChI=1S/C12H17ClN2O/c1-3-7-15-12(2,11(14)16)9-5-4-6-10(13)8-9/h4-6,8,15H,3,7H2,1-2H3,(H2,14,16). The number of nitrogens with two attached hydrogens (primary N) is 1. The van der Waals surface area contributed by atoms with Gasteiger partial charge in [-0.3, -0.25) is 10.1 Å². The van der Waals surface area contributed by atoms with Crippen molar-refractivity contribution in [2.45, 2.75) is 25.8 Å². The van der Waals surface area contributed by atoms with E-state index in [2.05, 4.69) is 5.32 Å². The van der Waals surface area contributed by atoms with Crippen LogP contribution in [0, 0.1) is 0 Å². The highest BCUT2D eigenvalue weighted by Crippen LogP contribution is 2.23. The summed E-state index contributed by atoms with van der Waals surface area (Å²) in [7, 11) is 0. The van der Waals surface area contributed by atoms with Gasteiger partial charge in [0.25, 0.3) is 0 Å². The Morgan fingerprint density at radius 3 is 2.75 bits per heavy atom. The monoisotopic (exact) mass is 240 g/mol. The summed E-state index contributed by atoms with van der Waals surface area (Å²) in [5.74, 6) is -0.400. The van der Waals surface area contributed by atoms with Gasteiger partial charge in [-0.2, -0.15) is 0 Å². The third-order valence-corrected chi connectivity index (χ3v) is 2.86. The molecule has 1 unspecified atom stereocenters. The number of hydrogen-bond donors (Lipinski definition) is 2. The fraction of sp³-hybridized carbons (Fsp3) is 0.417. The molecule has 1 aromatic carbocycles. The molecule has 0 heterocycles. The number of primary amides is 1. The Morgan fingerprint density at radius 2 is 2.25 bits per heavy atom. The molecule has 0 aliphatic heterocycles. The largest absolute Gasteiger partial charge is 0.368 e. The number of amides is 1. The normalized spacial score (nSPS) is 14.4. The van der Waals surface area contributed by atoms with Gasteiger partial charge in [0.05, 0.1) is 0 Å². The van der Waals surface area contributed by atoms with Gasteiger partial charge in [-0.1, -0.05) is 30.7 Å². The van der Waals surface area contributed by atoms with Crippen LogP contribution in [-0.4, -0.2) is 12.5 Å². The first-order valence-electron chi connectivity index (χ1n) is 5.31. The van der Waals surface area contributed by atoms with Crippen LogP contribution in [0.5, 0.6) is 0 Å².